The highest BCUT2D eigenvalue weighted by Gasteiger charge is 2.24. The van der Waals surface area contributed by atoms with E-state index in [2.05, 4.69) is 17.2 Å². The van der Waals surface area contributed by atoms with E-state index in [1.54, 1.807) is 22.7 Å². The van der Waals surface area contributed by atoms with Crippen LogP contribution >= 0.6 is 22.7 Å². The molecule has 2 aliphatic carbocycles. The van der Waals surface area contributed by atoms with Crippen molar-refractivity contribution < 1.29 is 4.79 Å². The molecule has 3 nitrogen and oxygen atoms in total. The SMILES string of the molecule is C[C@@H]1CCc2c(C(=O)Nc3nc4c(s3)CCCC4)csc2C1. The lowest BCUT2D eigenvalue weighted by Gasteiger charge is -2.18. The van der Waals surface area contributed by atoms with Crippen molar-refractivity contribution in [2.45, 2.75) is 51.9 Å². The van der Waals surface area contributed by atoms with Crippen molar-refractivity contribution >= 4 is 33.7 Å². The molecule has 1 amide bonds. The number of hydrogen-bond acceptors (Lipinski definition) is 4. The molecule has 4 rings (SSSR count). The van der Waals surface area contributed by atoms with E-state index in [4.69, 9.17) is 0 Å². The lowest BCUT2D eigenvalue weighted by atomic mass is 9.88. The fourth-order valence-electron chi connectivity index (χ4n) is 3.44. The molecule has 0 fully saturated rings. The molecule has 0 aliphatic heterocycles. The molecule has 2 aromatic heterocycles. The zero-order valence-corrected chi connectivity index (χ0v) is 14.4. The summed E-state index contributed by atoms with van der Waals surface area (Å²) in [6, 6.07) is 0. The molecule has 5 heteroatoms. The first kappa shape index (κ1) is 14.4. The van der Waals surface area contributed by atoms with Crippen LogP contribution in [0.5, 0.6) is 0 Å². The molecule has 0 spiro atoms. The van der Waals surface area contributed by atoms with Gasteiger partial charge in [0.15, 0.2) is 5.13 Å². The molecule has 116 valence electrons. The number of aryl methyl sites for hydroxylation is 2. The van der Waals surface area contributed by atoms with Gasteiger partial charge in [-0.25, -0.2) is 4.98 Å². The second-order valence-corrected chi connectivity index (χ2v) is 8.50. The number of aromatic nitrogens is 1. The largest absolute Gasteiger partial charge is 0.298 e. The fourth-order valence-corrected chi connectivity index (χ4v) is 5.73. The first-order valence-electron chi connectivity index (χ1n) is 8.10. The average Bonchev–Trinajstić information content (AvgIpc) is 3.09. The second kappa shape index (κ2) is 5.78. The van der Waals surface area contributed by atoms with E-state index in [9.17, 15) is 4.79 Å². The Morgan fingerprint density at radius 1 is 1.27 bits per heavy atom. The average molecular weight is 332 g/mol. The van der Waals surface area contributed by atoms with Crippen molar-refractivity contribution in [2.75, 3.05) is 5.32 Å². The van der Waals surface area contributed by atoms with Crippen molar-refractivity contribution in [3.05, 3.63) is 32.0 Å². The number of nitrogens with one attached hydrogen (secondary N) is 1. The summed E-state index contributed by atoms with van der Waals surface area (Å²) < 4.78 is 0. The van der Waals surface area contributed by atoms with E-state index in [1.165, 1.54) is 40.3 Å². The lowest BCUT2D eigenvalue weighted by molar-refractivity contribution is 0.102. The van der Waals surface area contributed by atoms with Crippen LogP contribution in [0.2, 0.25) is 0 Å². The first-order chi connectivity index (χ1) is 10.7. The van der Waals surface area contributed by atoms with Gasteiger partial charge in [0.2, 0.25) is 0 Å². The molecule has 0 bridgehead atoms. The molecule has 2 aliphatic rings. The third kappa shape index (κ3) is 2.61. The molecule has 0 aromatic carbocycles. The maximum atomic E-state index is 12.6. The van der Waals surface area contributed by atoms with E-state index in [-0.39, 0.29) is 5.91 Å². The summed E-state index contributed by atoms with van der Waals surface area (Å²) in [7, 11) is 0. The van der Waals surface area contributed by atoms with Gasteiger partial charge >= 0.3 is 0 Å². The van der Waals surface area contributed by atoms with Gasteiger partial charge < -0.3 is 0 Å². The maximum absolute atomic E-state index is 12.6. The van der Waals surface area contributed by atoms with Crippen LogP contribution in [0.25, 0.3) is 0 Å². The van der Waals surface area contributed by atoms with Gasteiger partial charge in [0, 0.05) is 15.1 Å². The molecule has 2 aromatic rings. The lowest BCUT2D eigenvalue weighted by Crippen LogP contribution is -2.16. The number of nitrogens with zero attached hydrogens (tertiary/aromatic N) is 1. The summed E-state index contributed by atoms with van der Waals surface area (Å²) in [5.74, 6) is 0.769. The smallest absolute Gasteiger partial charge is 0.258 e. The first-order valence-corrected chi connectivity index (χ1v) is 9.79. The van der Waals surface area contributed by atoms with Crippen LogP contribution in [-0.2, 0) is 25.7 Å². The molecule has 1 atom stereocenters. The molecule has 1 N–H and O–H groups in total. The molecule has 2 heterocycles. The van der Waals surface area contributed by atoms with Gasteiger partial charge in [-0.2, -0.15) is 0 Å². The van der Waals surface area contributed by atoms with Crippen molar-refractivity contribution in [1.29, 1.82) is 0 Å². The van der Waals surface area contributed by atoms with Crippen LogP contribution in [-0.4, -0.2) is 10.9 Å². The number of anilines is 1. The van der Waals surface area contributed by atoms with E-state index in [0.717, 1.165) is 42.3 Å². The van der Waals surface area contributed by atoms with Crippen LogP contribution in [0, 0.1) is 5.92 Å². The van der Waals surface area contributed by atoms with Crippen molar-refractivity contribution in [2.24, 2.45) is 5.92 Å². The van der Waals surface area contributed by atoms with Crippen molar-refractivity contribution in [3.8, 4) is 0 Å². The number of fused-ring (bicyclic) bond motifs is 2. The highest BCUT2D eigenvalue weighted by molar-refractivity contribution is 7.16. The zero-order chi connectivity index (χ0) is 15.1. The number of carbonyl (C=O) groups is 1. The molecule has 0 saturated heterocycles. The number of thiazole rings is 1. The molecular weight excluding hydrogens is 312 g/mol. The Morgan fingerprint density at radius 2 is 2.14 bits per heavy atom. The van der Waals surface area contributed by atoms with E-state index in [1.807, 2.05) is 5.38 Å². The van der Waals surface area contributed by atoms with Crippen LogP contribution in [0.15, 0.2) is 5.38 Å². The topological polar surface area (TPSA) is 42.0 Å². The third-order valence-corrected chi connectivity index (χ3v) is 6.84. The van der Waals surface area contributed by atoms with Gasteiger partial charge in [0.1, 0.15) is 0 Å². The Hall–Kier alpha value is -1.20. The van der Waals surface area contributed by atoms with Gasteiger partial charge in [-0.1, -0.05) is 6.92 Å². The summed E-state index contributed by atoms with van der Waals surface area (Å²) in [6.07, 6.45) is 8.01. The number of carbonyl (C=O) groups excluding carboxylic acids is 1. The standard InChI is InChI=1S/C17H20N2OS2/c1-10-6-7-11-12(9-21-15(11)8-10)16(20)19-17-18-13-4-2-3-5-14(13)22-17/h9-10H,2-8H2,1H3,(H,18,19,20)/t10-/m1/s1. The zero-order valence-electron chi connectivity index (χ0n) is 12.8. The Labute approximate surface area is 138 Å². The number of amides is 1. The van der Waals surface area contributed by atoms with E-state index >= 15 is 0 Å². The third-order valence-electron chi connectivity index (χ3n) is 4.71. The highest BCUT2D eigenvalue weighted by atomic mass is 32.1. The summed E-state index contributed by atoms with van der Waals surface area (Å²) >= 11 is 3.40. The predicted octanol–water partition coefficient (Wildman–Crippen LogP) is 4.46. The van der Waals surface area contributed by atoms with Gasteiger partial charge in [-0.05, 0) is 56.4 Å². The van der Waals surface area contributed by atoms with Gasteiger partial charge in [-0.3, -0.25) is 10.1 Å². The summed E-state index contributed by atoms with van der Waals surface area (Å²) in [6.45, 7) is 2.29. The minimum atomic E-state index is 0.0261. The minimum Gasteiger partial charge on any atom is -0.298 e. The quantitative estimate of drug-likeness (QED) is 0.882. The summed E-state index contributed by atoms with van der Waals surface area (Å²) in [5.41, 5.74) is 3.36. The van der Waals surface area contributed by atoms with Crippen LogP contribution < -0.4 is 5.32 Å². The Balaban J connectivity index is 1.54. The predicted molar refractivity (Wildman–Crippen MR) is 92.2 cm³/mol. The minimum absolute atomic E-state index is 0.0261. The Morgan fingerprint density at radius 3 is 3.00 bits per heavy atom. The van der Waals surface area contributed by atoms with Crippen LogP contribution in [0.1, 0.15) is 57.6 Å². The van der Waals surface area contributed by atoms with E-state index in [0.29, 0.717) is 0 Å². The van der Waals surface area contributed by atoms with Crippen LogP contribution in [0.3, 0.4) is 0 Å². The van der Waals surface area contributed by atoms with Crippen LogP contribution in [0.4, 0.5) is 5.13 Å². The summed E-state index contributed by atoms with van der Waals surface area (Å²) in [4.78, 5) is 20.0. The molecule has 22 heavy (non-hydrogen) atoms. The number of rotatable bonds is 2. The van der Waals surface area contributed by atoms with Crippen molar-refractivity contribution in [3.63, 3.8) is 0 Å². The molecule has 0 unspecified atom stereocenters. The Kier molecular flexibility index (Phi) is 3.78. The number of hydrogen-bond donors (Lipinski definition) is 1. The maximum Gasteiger partial charge on any atom is 0.258 e. The second-order valence-electron chi connectivity index (χ2n) is 6.45. The van der Waals surface area contributed by atoms with Gasteiger partial charge in [0.05, 0.1) is 11.3 Å². The monoisotopic (exact) mass is 332 g/mol. The molecule has 0 radical (unpaired) electrons. The van der Waals surface area contributed by atoms with E-state index < -0.39 is 0 Å². The normalized spacial score (nSPS) is 20.3. The Bertz CT molecular complexity index is 693. The van der Waals surface area contributed by atoms with Gasteiger partial charge in [0.25, 0.3) is 5.91 Å². The summed E-state index contributed by atoms with van der Waals surface area (Å²) in [5, 5.41) is 5.85. The highest BCUT2D eigenvalue weighted by Crippen LogP contribution is 2.34. The molecule has 0 saturated carbocycles. The van der Waals surface area contributed by atoms with Gasteiger partial charge in [-0.15, -0.1) is 22.7 Å². The van der Waals surface area contributed by atoms with Crippen molar-refractivity contribution in [1.82, 2.24) is 4.98 Å². The fraction of sp³-hybridized carbons (Fsp3) is 0.529. The molecular formula is C17H20N2OS2. The number of thiophene rings is 1.